The zero-order chi connectivity index (χ0) is 13.9. The summed E-state index contributed by atoms with van der Waals surface area (Å²) in [7, 11) is 0. The Morgan fingerprint density at radius 2 is 2.00 bits per heavy atom. The molecule has 1 heterocycles. The van der Waals surface area contributed by atoms with Crippen molar-refractivity contribution in [2.45, 2.75) is 58.9 Å². The van der Waals surface area contributed by atoms with Gasteiger partial charge in [-0.1, -0.05) is 27.2 Å². The molecule has 19 heavy (non-hydrogen) atoms. The molecular formula is C16H34N2O. The smallest absolute Gasteiger partial charge is 0.0478 e. The SMILES string of the molecule is CCCCOCCCN1CCC(CC)NCC(C)C1. The second kappa shape index (κ2) is 10.6. The molecule has 0 aromatic carbocycles. The van der Waals surface area contributed by atoms with E-state index in [1.54, 1.807) is 0 Å². The van der Waals surface area contributed by atoms with Crippen LogP contribution in [0, 0.1) is 5.92 Å². The van der Waals surface area contributed by atoms with Crippen molar-refractivity contribution < 1.29 is 4.74 Å². The van der Waals surface area contributed by atoms with Crippen LogP contribution in [0.4, 0.5) is 0 Å². The van der Waals surface area contributed by atoms with Crippen LogP contribution in [0.1, 0.15) is 52.9 Å². The Balaban J connectivity index is 2.15. The third-order valence-corrected chi connectivity index (χ3v) is 4.02. The van der Waals surface area contributed by atoms with Crippen molar-refractivity contribution in [2.75, 3.05) is 39.4 Å². The molecule has 0 spiro atoms. The maximum Gasteiger partial charge on any atom is 0.0478 e. The summed E-state index contributed by atoms with van der Waals surface area (Å²) in [5.41, 5.74) is 0. The number of hydrogen-bond donors (Lipinski definition) is 1. The van der Waals surface area contributed by atoms with Crippen molar-refractivity contribution in [3.8, 4) is 0 Å². The van der Waals surface area contributed by atoms with E-state index < -0.39 is 0 Å². The molecule has 1 fully saturated rings. The summed E-state index contributed by atoms with van der Waals surface area (Å²) in [6.45, 7) is 13.6. The van der Waals surface area contributed by atoms with Gasteiger partial charge in [-0.25, -0.2) is 0 Å². The number of rotatable bonds is 8. The molecular weight excluding hydrogens is 236 g/mol. The minimum atomic E-state index is 0.714. The first-order chi connectivity index (χ1) is 9.26. The van der Waals surface area contributed by atoms with E-state index in [4.69, 9.17) is 4.74 Å². The lowest BCUT2D eigenvalue weighted by atomic mass is 10.0. The first-order valence-electron chi connectivity index (χ1n) is 8.29. The second-order valence-corrected chi connectivity index (χ2v) is 6.03. The molecule has 1 aliphatic heterocycles. The quantitative estimate of drug-likeness (QED) is 0.686. The maximum atomic E-state index is 5.65. The van der Waals surface area contributed by atoms with Crippen LogP contribution in [0.2, 0.25) is 0 Å². The molecule has 1 N–H and O–H groups in total. The maximum absolute atomic E-state index is 5.65. The van der Waals surface area contributed by atoms with Gasteiger partial charge in [0.1, 0.15) is 0 Å². The third kappa shape index (κ3) is 7.91. The van der Waals surface area contributed by atoms with E-state index in [1.165, 1.54) is 58.3 Å². The lowest BCUT2D eigenvalue weighted by molar-refractivity contribution is 0.112. The van der Waals surface area contributed by atoms with Gasteiger partial charge in [-0.3, -0.25) is 0 Å². The van der Waals surface area contributed by atoms with E-state index in [2.05, 4.69) is 31.0 Å². The zero-order valence-electron chi connectivity index (χ0n) is 13.3. The summed E-state index contributed by atoms with van der Waals surface area (Å²) in [5.74, 6) is 0.760. The van der Waals surface area contributed by atoms with Crippen molar-refractivity contribution in [1.82, 2.24) is 10.2 Å². The van der Waals surface area contributed by atoms with Crippen LogP contribution in [0.3, 0.4) is 0 Å². The highest BCUT2D eigenvalue weighted by Crippen LogP contribution is 2.09. The van der Waals surface area contributed by atoms with Gasteiger partial charge < -0.3 is 15.0 Å². The first kappa shape index (κ1) is 16.9. The van der Waals surface area contributed by atoms with Crippen molar-refractivity contribution in [3.63, 3.8) is 0 Å². The molecule has 0 saturated carbocycles. The molecule has 0 radical (unpaired) electrons. The van der Waals surface area contributed by atoms with Gasteiger partial charge in [-0.15, -0.1) is 0 Å². The fourth-order valence-corrected chi connectivity index (χ4v) is 2.70. The van der Waals surface area contributed by atoms with Gasteiger partial charge in [0.15, 0.2) is 0 Å². The molecule has 0 aromatic rings. The van der Waals surface area contributed by atoms with Gasteiger partial charge in [0.05, 0.1) is 0 Å². The summed E-state index contributed by atoms with van der Waals surface area (Å²) < 4.78 is 5.65. The summed E-state index contributed by atoms with van der Waals surface area (Å²) in [5, 5.41) is 3.68. The second-order valence-electron chi connectivity index (χ2n) is 6.03. The highest BCUT2D eigenvalue weighted by molar-refractivity contribution is 4.75. The summed E-state index contributed by atoms with van der Waals surface area (Å²) in [6.07, 6.45) is 6.15. The highest BCUT2D eigenvalue weighted by atomic mass is 16.5. The minimum Gasteiger partial charge on any atom is -0.381 e. The molecule has 2 unspecified atom stereocenters. The Labute approximate surface area is 120 Å². The molecule has 1 rings (SSSR count). The molecule has 0 bridgehead atoms. The average molecular weight is 270 g/mol. The Kier molecular flexibility index (Phi) is 9.48. The molecule has 2 atom stereocenters. The Hall–Kier alpha value is -0.120. The fourth-order valence-electron chi connectivity index (χ4n) is 2.70. The minimum absolute atomic E-state index is 0.714. The fraction of sp³-hybridized carbons (Fsp3) is 1.00. The van der Waals surface area contributed by atoms with Crippen LogP contribution in [0.15, 0.2) is 0 Å². The van der Waals surface area contributed by atoms with Crippen LogP contribution in [-0.2, 0) is 4.74 Å². The summed E-state index contributed by atoms with van der Waals surface area (Å²) in [4.78, 5) is 2.64. The molecule has 1 aliphatic rings. The largest absolute Gasteiger partial charge is 0.381 e. The van der Waals surface area contributed by atoms with Crippen LogP contribution in [0.5, 0.6) is 0 Å². The van der Waals surface area contributed by atoms with Gasteiger partial charge in [0.25, 0.3) is 0 Å². The predicted molar refractivity (Wildman–Crippen MR) is 82.6 cm³/mol. The number of hydrogen-bond acceptors (Lipinski definition) is 3. The molecule has 0 aromatic heterocycles. The number of ether oxygens (including phenoxy) is 1. The van der Waals surface area contributed by atoms with Crippen molar-refractivity contribution in [2.24, 2.45) is 5.92 Å². The highest BCUT2D eigenvalue weighted by Gasteiger charge is 2.17. The van der Waals surface area contributed by atoms with Crippen molar-refractivity contribution in [1.29, 1.82) is 0 Å². The van der Waals surface area contributed by atoms with E-state index in [9.17, 15) is 0 Å². The van der Waals surface area contributed by atoms with Crippen LogP contribution in [0.25, 0.3) is 0 Å². The lowest BCUT2D eigenvalue weighted by Gasteiger charge is -2.32. The normalized spacial score (nSPS) is 26.1. The monoisotopic (exact) mass is 270 g/mol. The molecule has 0 amide bonds. The molecule has 1 saturated heterocycles. The van der Waals surface area contributed by atoms with E-state index in [-0.39, 0.29) is 0 Å². The van der Waals surface area contributed by atoms with Crippen molar-refractivity contribution in [3.05, 3.63) is 0 Å². The van der Waals surface area contributed by atoms with Gasteiger partial charge in [0, 0.05) is 32.3 Å². The third-order valence-electron chi connectivity index (χ3n) is 4.02. The standard InChI is InChI=1S/C16H34N2O/c1-4-6-11-19-12-7-9-18-10-8-16(5-2)17-13-15(3)14-18/h15-17H,4-14H2,1-3H3. The van der Waals surface area contributed by atoms with Crippen molar-refractivity contribution >= 4 is 0 Å². The average Bonchev–Trinajstić information content (AvgIpc) is 2.40. The summed E-state index contributed by atoms with van der Waals surface area (Å²) in [6, 6.07) is 0.714. The molecule has 3 nitrogen and oxygen atoms in total. The van der Waals surface area contributed by atoms with Crippen LogP contribution < -0.4 is 5.32 Å². The predicted octanol–water partition coefficient (Wildman–Crippen LogP) is 2.90. The molecule has 114 valence electrons. The van der Waals surface area contributed by atoms with Gasteiger partial charge in [-0.2, -0.15) is 0 Å². The zero-order valence-corrected chi connectivity index (χ0v) is 13.3. The van der Waals surface area contributed by atoms with E-state index in [0.29, 0.717) is 6.04 Å². The number of unbranched alkanes of at least 4 members (excludes halogenated alkanes) is 1. The van der Waals surface area contributed by atoms with Gasteiger partial charge in [0.2, 0.25) is 0 Å². The van der Waals surface area contributed by atoms with Crippen LogP contribution >= 0.6 is 0 Å². The molecule has 0 aliphatic carbocycles. The van der Waals surface area contributed by atoms with Gasteiger partial charge >= 0.3 is 0 Å². The Morgan fingerprint density at radius 3 is 2.74 bits per heavy atom. The van der Waals surface area contributed by atoms with E-state index in [0.717, 1.165) is 19.1 Å². The topological polar surface area (TPSA) is 24.5 Å². The Morgan fingerprint density at radius 1 is 1.21 bits per heavy atom. The lowest BCUT2D eigenvalue weighted by Crippen LogP contribution is -2.43. The van der Waals surface area contributed by atoms with Gasteiger partial charge in [-0.05, 0) is 44.7 Å². The number of nitrogens with zero attached hydrogens (tertiary/aromatic N) is 1. The Bertz CT molecular complexity index is 211. The van der Waals surface area contributed by atoms with Crippen LogP contribution in [-0.4, -0.2) is 50.3 Å². The number of nitrogens with one attached hydrogen (secondary N) is 1. The van der Waals surface area contributed by atoms with E-state index >= 15 is 0 Å². The first-order valence-corrected chi connectivity index (χ1v) is 8.29. The van der Waals surface area contributed by atoms with E-state index in [1.807, 2.05) is 0 Å². The molecule has 3 heteroatoms. The summed E-state index contributed by atoms with van der Waals surface area (Å²) >= 11 is 0.